The molecule has 0 aliphatic carbocycles. The fraction of sp³-hybridized carbons (Fsp3) is 0.909. The molecule has 0 radical (unpaired) electrons. The molecule has 1 saturated heterocycles. The Balaban J connectivity index is 2.26. The van der Waals surface area contributed by atoms with Crippen molar-refractivity contribution in [3.63, 3.8) is 0 Å². The molecule has 15 heavy (non-hydrogen) atoms. The summed E-state index contributed by atoms with van der Waals surface area (Å²) in [6, 6.07) is 0. The van der Waals surface area contributed by atoms with Crippen LogP contribution in [0.1, 0.15) is 12.8 Å². The molecule has 0 bridgehead atoms. The van der Waals surface area contributed by atoms with Gasteiger partial charge in [0, 0.05) is 13.6 Å². The lowest BCUT2D eigenvalue weighted by Gasteiger charge is -2.28. The van der Waals surface area contributed by atoms with Crippen LogP contribution in [0.3, 0.4) is 0 Å². The number of nitrogens with zero attached hydrogens (tertiary/aromatic N) is 2. The Labute approximate surface area is 92.6 Å². The minimum absolute atomic E-state index is 0.221. The molecule has 1 fully saturated rings. The van der Waals surface area contributed by atoms with Crippen LogP contribution >= 0.6 is 0 Å². The van der Waals surface area contributed by atoms with Crippen molar-refractivity contribution in [2.24, 2.45) is 5.92 Å². The average Bonchev–Trinajstić information content (AvgIpc) is 2.18. The van der Waals surface area contributed by atoms with Crippen molar-refractivity contribution in [1.29, 1.82) is 0 Å². The Hall–Kier alpha value is -0.610. The third-order valence-electron chi connectivity index (χ3n) is 2.87. The summed E-state index contributed by atoms with van der Waals surface area (Å²) in [7, 11) is 5.76. The van der Waals surface area contributed by atoms with Gasteiger partial charge in [0.2, 0.25) is 5.91 Å². The van der Waals surface area contributed by atoms with Crippen molar-refractivity contribution in [2.45, 2.75) is 12.8 Å². The van der Waals surface area contributed by atoms with Crippen LogP contribution in [-0.4, -0.2) is 63.0 Å². The molecule has 0 unspecified atom stereocenters. The summed E-state index contributed by atoms with van der Waals surface area (Å²) in [5.41, 5.74) is 0. The molecule has 1 N–H and O–H groups in total. The van der Waals surface area contributed by atoms with E-state index in [0.29, 0.717) is 12.5 Å². The zero-order valence-corrected chi connectivity index (χ0v) is 10.1. The van der Waals surface area contributed by atoms with E-state index in [0.717, 1.165) is 19.6 Å². The maximum absolute atomic E-state index is 11.7. The first-order valence-corrected chi connectivity index (χ1v) is 5.69. The number of hydrogen-bond acceptors (Lipinski definition) is 3. The Bertz CT molecular complexity index is 200. The Morgan fingerprint density at radius 2 is 1.87 bits per heavy atom. The molecule has 1 aliphatic rings. The lowest BCUT2D eigenvalue weighted by atomic mass is 9.98. The van der Waals surface area contributed by atoms with E-state index in [9.17, 15) is 4.79 Å². The van der Waals surface area contributed by atoms with Crippen molar-refractivity contribution < 1.29 is 4.79 Å². The van der Waals surface area contributed by atoms with E-state index in [1.807, 2.05) is 30.9 Å². The first kappa shape index (κ1) is 12.5. The lowest BCUT2D eigenvalue weighted by Crippen LogP contribution is -2.40. The van der Waals surface area contributed by atoms with Gasteiger partial charge in [-0.2, -0.15) is 0 Å². The number of carbonyl (C=O) groups excluding carboxylic acids is 1. The standard InChI is InChI=1S/C11H23N3O/c1-13(2)9-11(15)14(3)8-10-4-6-12-7-5-10/h10,12H,4-9H2,1-3H3. The van der Waals surface area contributed by atoms with E-state index < -0.39 is 0 Å². The van der Waals surface area contributed by atoms with Gasteiger partial charge >= 0.3 is 0 Å². The largest absolute Gasteiger partial charge is 0.344 e. The fourth-order valence-electron chi connectivity index (χ4n) is 1.94. The number of amides is 1. The molecular formula is C11H23N3O. The minimum Gasteiger partial charge on any atom is -0.344 e. The van der Waals surface area contributed by atoms with Gasteiger partial charge in [-0.25, -0.2) is 0 Å². The van der Waals surface area contributed by atoms with Crippen LogP contribution < -0.4 is 5.32 Å². The summed E-state index contributed by atoms with van der Waals surface area (Å²) in [6.45, 7) is 3.62. The highest BCUT2D eigenvalue weighted by atomic mass is 16.2. The minimum atomic E-state index is 0.221. The molecule has 1 rings (SSSR count). The number of carbonyl (C=O) groups is 1. The highest BCUT2D eigenvalue weighted by Gasteiger charge is 2.17. The Morgan fingerprint density at radius 3 is 2.40 bits per heavy atom. The summed E-state index contributed by atoms with van der Waals surface area (Å²) >= 11 is 0. The van der Waals surface area contributed by atoms with Gasteiger partial charge in [0.15, 0.2) is 0 Å². The van der Waals surface area contributed by atoms with Crippen molar-refractivity contribution in [2.75, 3.05) is 47.3 Å². The van der Waals surface area contributed by atoms with Crippen LogP contribution in [0.4, 0.5) is 0 Å². The molecule has 4 heteroatoms. The van der Waals surface area contributed by atoms with Gasteiger partial charge in [0.25, 0.3) is 0 Å². The summed E-state index contributed by atoms with van der Waals surface area (Å²) in [5, 5.41) is 3.34. The maximum atomic E-state index is 11.7. The molecule has 0 spiro atoms. The summed E-state index contributed by atoms with van der Waals surface area (Å²) in [5.74, 6) is 0.904. The third kappa shape index (κ3) is 4.62. The van der Waals surface area contributed by atoms with E-state index in [4.69, 9.17) is 0 Å². The molecule has 1 amide bonds. The molecule has 1 heterocycles. The monoisotopic (exact) mass is 213 g/mol. The topological polar surface area (TPSA) is 35.6 Å². The number of rotatable bonds is 4. The normalized spacial score (nSPS) is 18.1. The summed E-state index contributed by atoms with van der Waals surface area (Å²) < 4.78 is 0. The Kier molecular flexibility index (Phi) is 5.05. The van der Waals surface area contributed by atoms with Gasteiger partial charge < -0.3 is 15.1 Å². The van der Waals surface area contributed by atoms with Crippen molar-refractivity contribution in [1.82, 2.24) is 15.1 Å². The fourth-order valence-corrected chi connectivity index (χ4v) is 1.94. The van der Waals surface area contributed by atoms with E-state index >= 15 is 0 Å². The van der Waals surface area contributed by atoms with Crippen LogP contribution in [0.5, 0.6) is 0 Å². The first-order valence-electron chi connectivity index (χ1n) is 5.69. The van der Waals surface area contributed by atoms with Crippen molar-refractivity contribution in [3.8, 4) is 0 Å². The van der Waals surface area contributed by atoms with Crippen LogP contribution in [0.2, 0.25) is 0 Å². The number of hydrogen-bond donors (Lipinski definition) is 1. The summed E-state index contributed by atoms with van der Waals surface area (Å²) in [6.07, 6.45) is 2.39. The van der Waals surface area contributed by atoms with Crippen molar-refractivity contribution >= 4 is 5.91 Å². The number of likely N-dealkylation sites (N-methyl/N-ethyl adjacent to an activating group) is 2. The number of piperidine rings is 1. The van der Waals surface area contributed by atoms with Gasteiger partial charge in [-0.1, -0.05) is 0 Å². The quantitative estimate of drug-likeness (QED) is 0.714. The predicted molar refractivity (Wildman–Crippen MR) is 61.8 cm³/mol. The maximum Gasteiger partial charge on any atom is 0.236 e. The molecule has 88 valence electrons. The van der Waals surface area contributed by atoms with Gasteiger partial charge in [-0.15, -0.1) is 0 Å². The molecule has 1 aliphatic heterocycles. The molecule has 0 saturated carbocycles. The molecule has 0 aromatic rings. The second kappa shape index (κ2) is 6.08. The van der Waals surface area contributed by atoms with Gasteiger partial charge in [0.05, 0.1) is 6.54 Å². The highest BCUT2D eigenvalue weighted by Crippen LogP contribution is 2.12. The van der Waals surface area contributed by atoms with E-state index in [2.05, 4.69) is 5.32 Å². The van der Waals surface area contributed by atoms with E-state index in [1.165, 1.54) is 12.8 Å². The van der Waals surface area contributed by atoms with Gasteiger partial charge in [0.1, 0.15) is 0 Å². The Morgan fingerprint density at radius 1 is 1.27 bits per heavy atom. The van der Waals surface area contributed by atoms with Gasteiger partial charge in [-0.3, -0.25) is 4.79 Å². The van der Waals surface area contributed by atoms with Crippen LogP contribution in [0, 0.1) is 5.92 Å². The smallest absolute Gasteiger partial charge is 0.236 e. The van der Waals surface area contributed by atoms with Crippen LogP contribution in [-0.2, 0) is 4.79 Å². The number of nitrogens with one attached hydrogen (secondary N) is 1. The van der Waals surface area contributed by atoms with Crippen molar-refractivity contribution in [3.05, 3.63) is 0 Å². The lowest BCUT2D eigenvalue weighted by molar-refractivity contribution is -0.131. The van der Waals surface area contributed by atoms with Crippen LogP contribution in [0.15, 0.2) is 0 Å². The molecule has 0 aromatic heterocycles. The SMILES string of the molecule is CN(C)CC(=O)N(C)CC1CCNCC1. The second-order valence-corrected chi connectivity index (χ2v) is 4.71. The zero-order valence-electron chi connectivity index (χ0n) is 10.1. The first-order chi connectivity index (χ1) is 7.09. The zero-order chi connectivity index (χ0) is 11.3. The van der Waals surface area contributed by atoms with Crippen LogP contribution in [0.25, 0.3) is 0 Å². The van der Waals surface area contributed by atoms with E-state index in [-0.39, 0.29) is 5.91 Å². The highest BCUT2D eigenvalue weighted by molar-refractivity contribution is 5.77. The van der Waals surface area contributed by atoms with E-state index in [1.54, 1.807) is 0 Å². The second-order valence-electron chi connectivity index (χ2n) is 4.71. The predicted octanol–water partition coefficient (Wildman–Crippen LogP) is 0.00600. The van der Waals surface area contributed by atoms with Gasteiger partial charge in [-0.05, 0) is 45.9 Å². The average molecular weight is 213 g/mol. The molecule has 4 nitrogen and oxygen atoms in total. The molecule has 0 aromatic carbocycles. The third-order valence-corrected chi connectivity index (χ3v) is 2.87. The summed E-state index contributed by atoms with van der Waals surface area (Å²) in [4.78, 5) is 15.5. The molecular weight excluding hydrogens is 190 g/mol. The molecule has 0 atom stereocenters.